The molecule has 1 aromatic rings. The van der Waals surface area contributed by atoms with Gasteiger partial charge in [0, 0.05) is 32.8 Å². The van der Waals surface area contributed by atoms with E-state index in [1.54, 1.807) is 19.1 Å². The van der Waals surface area contributed by atoms with E-state index in [4.69, 9.17) is 9.47 Å². The number of hydrogen-bond donors (Lipinski definition) is 0. The molecule has 0 bridgehead atoms. The Morgan fingerprint density at radius 3 is 2.38 bits per heavy atom. The molecule has 1 aliphatic carbocycles. The number of nitrogens with zero attached hydrogens (tertiary/aromatic N) is 2. The lowest BCUT2D eigenvalue weighted by molar-refractivity contribution is -0.156. The Bertz CT molecular complexity index is 847. The number of carbonyl (C=O) groups excluding carboxylic acids is 2. The third kappa shape index (κ3) is 5.34. The molecule has 0 spiro atoms. The van der Waals surface area contributed by atoms with Crippen LogP contribution in [-0.2, 0) is 41.9 Å². The van der Waals surface area contributed by atoms with E-state index in [2.05, 4.69) is 0 Å². The normalized spacial score (nSPS) is 17.6. The molecule has 1 aromatic carbocycles. The van der Waals surface area contributed by atoms with Crippen LogP contribution in [0.4, 0.5) is 0 Å². The van der Waals surface area contributed by atoms with Crippen molar-refractivity contribution in [3.8, 4) is 0 Å². The van der Waals surface area contributed by atoms with Crippen molar-refractivity contribution in [2.45, 2.75) is 37.5 Å². The third-order valence-electron chi connectivity index (χ3n) is 5.33. The fourth-order valence-electron chi connectivity index (χ4n) is 3.66. The summed E-state index contributed by atoms with van der Waals surface area (Å²) in [7, 11) is -3.59. The minimum absolute atomic E-state index is 0.184. The van der Waals surface area contributed by atoms with Gasteiger partial charge in [-0.2, -0.15) is 4.31 Å². The van der Waals surface area contributed by atoms with E-state index in [-0.39, 0.29) is 45.3 Å². The summed E-state index contributed by atoms with van der Waals surface area (Å²) in [5.41, 5.74) is 2.37. The lowest BCUT2D eigenvalue weighted by Gasteiger charge is -2.34. The van der Waals surface area contributed by atoms with Gasteiger partial charge in [0.25, 0.3) is 5.91 Å². The molecule has 0 unspecified atom stereocenters. The lowest BCUT2D eigenvalue weighted by atomic mass is 9.92. The van der Waals surface area contributed by atoms with Crippen molar-refractivity contribution < 1.29 is 27.5 Å². The van der Waals surface area contributed by atoms with Crippen LogP contribution in [0.3, 0.4) is 0 Å². The maximum atomic E-state index is 13.0. The summed E-state index contributed by atoms with van der Waals surface area (Å²) in [5, 5.41) is 0. The molecule has 29 heavy (non-hydrogen) atoms. The van der Waals surface area contributed by atoms with Gasteiger partial charge in [0.2, 0.25) is 10.0 Å². The summed E-state index contributed by atoms with van der Waals surface area (Å²) in [6, 6.07) is 5.42. The summed E-state index contributed by atoms with van der Waals surface area (Å²) >= 11 is 0. The van der Waals surface area contributed by atoms with Crippen molar-refractivity contribution in [2.75, 3.05) is 46.0 Å². The van der Waals surface area contributed by atoms with Crippen LogP contribution in [0.25, 0.3) is 0 Å². The lowest BCUT2D eigenvalue weighted by Crippen LogP contribution is -2.51. The summed E-state index contributed by atoms with van der Waals surface area (Å²) in [6.07, 6.45) is 4.16. The fraction of sp³-hybridized carbons (Fsp3) is 0.600. The smallest absolute Gasteiger partial charge is 0.332 e. The Balaban J connectivity index is 1.54. The Labute approximate surface area is 171 Å². The van der Waals surface area contributed by atoms with Crippen LogP contribution < -0.4 is 0 Å². The number of piperazine rings is 1. The highest BCUT2D eigenvalue weighted by atomic mass is 32.2. The summed E-state index contributed by atoms with van der Waals surface area (Å²) in [4.78, 5) is 25.5. The minimum Gasteiger partial charge on any atom is -0.454 e. The van der Waals surface area contributed by atoms with Crippen LogP contribution in [0.2, 0.25) is 0 Å². The first-order valence-corrected chi connectivity index (χ1v) is 11.5. The maximum absolute atomic E-state index is 13.0. The van der Waals surface area contributed by atoms with Gasteiger partial charge in [0.15, 0.2) is 6.61 Å². The number of esters is 1. The standard InChI is InChI=1S/C20H28N2O6S/c1-2-27-15-20(24)28-14-19(23)21-9-11-22(12-10-21)29(25,26)18-8-7-16-5-3-4-6-17(16)13-18/h7-8,13H,2-6,9-12,14-15H2,1H3. The quantitative estimate of drug-likeness (QED) is 0.606. The number of aryl methyl sites for hydroxylation is 2. The zero-order chi connectivity index (χ0) is 20.9. The predicted octanol–water partition coefficient (Wildman–Crippen LogP) is 0.978. The minimum atomic E-state index is -3.59. The highest BCUT2D eigenvalue weighted by Gasteiger charge is 2.31. The van der Waals surface area contributed by atoms with Gasteiger partial charge in [-0.25, -0.2) is 13.2 Å². The van der Waals surface area contributed by atoms with E-state index < -0.39 is 16.0 Å². The van der Waals surface area contributed by atoms with E-state index in [1.807, 2.05) is 6.07 Å². The molecule has 1 aliphatic heterocycles. The molecular formula is C20H28N2O6S. The molecule has 1 amide bonds. The van der Waals surface area contributed by atoms with E-state index in [1.165, 1.54) is 14.8 Å². The molecule has 0 saturated carbocycles. The second-order valence-corrected chi connectivity index (χ2v) is 9.16. The van der Waals surface area contributed by atoms with Crippen LogP contribution >= 0.6 is 0 Å². The van der Waals surface area contributed by atoms with E-state index in [9.17, 15) is 18.0 Å². The Kier molecular flexibility index (Phi) is 7.26. The molecule has 0 aromatic heterocycles. The molecule has 160 valence electrons. The number of ether oxygens (including phenoxy) is 2. The van der Waals surface area contributed by atoms with Gasteiger partial charge in [-0.05, 0) is 55.9 Å². The molecule has 1 fully saturated rings. The molecule has 9 heteroatoms. The molecule has 0 atom stereocenters. The summed E-state index contributed by atoms with van der Waals surface area (Å²) in [6.45, 7) is 2.59. The van der Waals surface area contributed by atoms with Crippen LogP contribution in [0.1, 0.15) is 30.9 Å². The van der Waals surface area contributed by atoms with E-state index in [0.717, 1.165) is 31.2 Å². The van der Waals surface area contributed by atoms with Crippen molar-refractivity contribution in [3.05, 3.63) is 29.3 Å². The van der Waals surface area contributed by atoms with Crippen molar-refractivity contribution in [2.24, 2.45) is 0 Å². The fourth-order valence-corrected chi connectivity index (χ4v) is 5.13. The number of carbonyl (C=O) groups is 2. The number of hydrogen-bond acceptors (Lipinski definition) is 6. The van der Waals surface area contributed by atoms with Gasteiger partial charge in [0.05, 0.1) is 4.90 Å². The molecule has 1 heterocycles. The number of fused-ring (bicyclic) bond motifs is 1. The van der Waals surface area contributed by atoms with Gasteiger partial charge in [0.1, 0.15) is 6.61 Å². The highest BCUT2D eigenvalue weighted by molar-refractivity contribution is 7.89. The maximum Gasteiger partial charge on any atom is 0.332 e. The number of benzene rings is 1. The van der Waals surface area contributed by atoms with E-state index >= 15 is 0 Å². The molecule has 2 aliphatic rings. The van der Waals surface area contributed by atoms with Gasteiger partial charge in [-0.3, -0.25) is 4.79 Å². The van der Waals surface area contributed by atoms with Crippen molar-refractivity contribution >= 4 is 21.9 Å². The van der Waals surface area contributed by atoms with Crippen LogP contribution in [0.15, 0.2) is 23.1 Å². The average molecular weight is 425 g/mol. The first kappa shape index (κ1) is 21.7. The molecular weight excluding hydrogens is 396 g/mol. The topological polar surface area (TPSA) is 93.2 Å². The summed E-state index contributed by atoms with van der Waals surface area (Å²) in [5.74, 6) is -0.922. The summed E-state index contributed by atoms with van der Waals surface area (Å²) < 4.78 is 37.2. The van der Waals surface area contributed by atoms with Crippen LogP contribution in [-0.4, -0.2) is 75.5 Å². The van der Waals surface area contributed by atoms with Gasteiger partial charge < -0.3 is 14.4 Å². The molecule has 1 saturated heterocycles. The Hall–Kier alpha value is -1.97. The van der Waals surface area contributed by atoms with Gasteiger partial charge >= 0.3 is 5.97 Å². The van der Waals surface area contributed by atoms with Crippen LogP contribution in [0, 0.1) is 0 Å². The van der Waals surface area contributed by atoms with Crippen LogP contribution in [0.5, 0.6) is 0 Å². The van der Waals surface area contributed by atoms with Crippen molar-refractivity contribution in [1.29, 1.82) is 0 Å². The Morgan fingerprint density at radius 2 is 1.69 bits per heavy atom. The largest absolute Gasteiger partial charge is 0.454 e. The molecule has 0 radical (unpaired) electrons. The van der Waals surface area contributed by atoms with Crippen molar-refractivity contribution in [3.63, 3.8) is 0 Å². The third-order valence-corrected chi connectivity index (χ3v) is 7.22. The first-order chi connectivity index (χ1) is 13.9. The highest BCUT2D eigenvalue weighted by Crippen LogP contribution is 2.26. The average Bonchev–Trinajstić information content (AvgIpc) is 2.75. The van der Waals surface area contributed by atoms with Crippen molar-refractivity contribution in [1.82, 2.24) is 9.21 Å². The second-order valence-electron chi connectivity index (χ2n) is 7.22. The Morgan fingerprint density at radius 1 is 1.00 bits per heavy atom. The van der Waals surface area contributed by atoms with Gasteiger partial charge in [-0.1, -0.05) is 6.07 Å². The molecule has 3 rings (SSSR count). The molecule has 0 N–H and O–H groups in total. The number of amides is 1. The zero-order valence-corrected chi connectivity index (χ0v) is 17.6. The monoisotopic (exact) mass is 424 g/mol. The van der Waals surface area contributed by atoms with E-state index in [0.29, 0.717) is 11.5 Å². The number of rotatable bonds is 7. The van der Waals surface area contributed by atoms with Gasteiger partial charge in [-0.15, -0.1) is 0 Å². The molecule has 8 nitrogen and oxygen atoms in total. The predicted molar refractivity (Wildman–Crippen MR) is 106 cm³/mol. The first-order valence-electron chi connectivity index (χ1n) is 10.0. The second kappa shape index (κ2) is 9.69. The SMILES string of the molecule is CCOCC(=O)OCC(=O)N1CCN(S(=O)(=O)c2ccc3c(c2)CCCC3)CC1. The zero-order valence-electron chi connectivity index (χ0n) is 16.8. The number of sulfonamides is 1.